The maximum atomic E-state index is 12.6. The van der Waals surface area contributed by atoms with Crippen LogP contribution in [0, 0.1) is 0 Å². The lowest BCUT2D eigenvalue weighted by molar-refractivity contribution is -0.114. The fourth-order valence-corrected chi connectivity index (χ4v) is 3.58. The van der Waals surface area contributed by atoms with Gasteiger partial charge in [0.15, 0.2) is 0 Å². The molecule has 4 rings (SSSR count). The van der Waals surface area contributed by atoms with Gasteiger partial charge in [0.1, 0.15) is 17.6 Å². The second-order valence-electron chi connectivity index (χ2n) is 6.54. The van der Waals surface area contributed by atoms with Crippen molar-refractivity contribution in [2.75, 3.05) is 18.6 Å². The molecule has 2 aliphatic rings. The van der Waals surface area contributed by atoms with Crippen molar-refractivity contribution in [2.45, 2.75) is 25.9 Å². The van der Waals surface area contributed by atoms with Crippen LogP contribution in [-0.4, -0.2) is 25.7 Å². The van der Waals surface area contributed by atoms with Crippen molar-refractivity contribution >= 4 is 17.7 Å². The van der Waals surface area contributed by atoms with Crippen LogP contribution in [-0.2, 0) is 17.6 Å². The Labute approximate surface area is 147 Å². The number of rotatable bonds is 3. The first-order chi connectivity index (χ1) is 12.2. The Morgan fingerprint density at radius 3 is 2.96 bits per heavy atom. The largest absolute Gasteiger partial charge is 0.496 e. The summed E-state index contributed by atoms with van der Waals surface area (Å²) in [7, 11) is 1.65. The minimum absolute atomic E-state index is 0.0122. The number of methoxy groups -OCH3 is 1. The fourth-order valence-electron chi connectivity index (χ4n) is 3.58. The van der Waals surface area contributed by atoms with E-state index in [4.69, 9.17) is 9.47 Å². The molecule has 2 aliphatic heterocycles. The van der Waals surface area contributed by atoms with Crippen LogP contribution in [0.4, 0.5) is 5.69 Å². The second kappa shape index (κ2) is 6.28. The van der Waals surface area contributed by atoms with Crippen LogP contribution >= 0.6 is 0 Å². The Balaban J connectivity index is 1.58. The third-order valence-electron chi connectivity index (χ3n) is 4.81. The van der Waals surface area contributed by atoms with E-state index in [9.17, 15) is 4.79 Å². The third-order valence-corrected chi connectivity index (χ3v) is 4.81. The molecule has 0 spiro atoms. The molecule has 0 aliphatic carbocycles. The summed E-state index contributed by atoms with van der Waals surface area (Å²) in [5.74, 6) is 1.64. The summed E-state index contributed by atoms with van der Waals surface area (Å²) >= 11 is 0. The molecule has 4 heteroatoms. The normalized spacial score (nSPS) is 18.2. The molecule has 128 valence electrons. The monoisotopic (exact) mass is 335 g/mol. The van der Waals surface area contributed by atoms with Gasteiger partial charge in [-0.2, -0.15) is 0 Å². The standard InChI is InChI=1S/C21H21NO3/c1-14-11-17-13-19(24-2)16(12-20(17)25-14)7-8-21(23)22-10-9-15-5-3-4-6-18(15)22/h3-8,12-14H,9-11H2,1-2H3. The molecule has 0 saturated carbocycles. The van der Waals surface area contributed by atoms with Crippen molar-refractivity contribution < 1.29 is 14.3 Å². The van der Waals surface area contributed by atoms with Gasteiger partial charge in [0.05, 0.1) is 7.11 Å². The number of para-hydroxylation sites is 1. The number of hydrogen-bond acceptors (Lipinski definition) is 3. The van der Waals surface area contributed by atoms with Crippen molar-refractivity contribution in [3.63, 3.8) is 0 Å². The van der Waals surface area contributed by atoms with Gasteiger partial charge in [-0.05, 0) is 43.2 Å². The van der Waals surface area contributed by atoms with Crippen LogP contribution in [0.2, 0.25) is 0 Å². The molecule has 0 fully saturated rings. The van der Waals surface area contributed by atoms with Crippen LogP contribution < -0.4 is 14.4 Å². The lowest BCUT2D eigenvalue weighted by Crippen LogP contribution is -2.26. The van der Waals surface area contributed by atoms with Gasteiger partial charge in [-0.3, -0.25) is 4.79 Å². The molecule has 1 atom stereocenters. The lowest BCUT2D eigenvalue weighted by atomic mass is 10.1. The van der Waals surface area contributed by atoms with Crippen LogP contribution in [0.1, 0.15) is 23.6 Å². The highest BCUT2D eigenvalue weighted by atomic mass is 16.5. The molecule has 0 bridgehead atoms. The molecule has 0 saturated heterocycles. The molecule has 1 unspecified atom stereocenters. The Morgan fingerprint density at radius 2 is 2.12 bits per heavy atom. The van der Waals surface area contributed by atoms with Crippen molar-refractivity contribution in [1.29, 1.82) is 0 Å². The van der Waals surface area contributed by atoms with E-state index in [1.165, 1.54) is 5.56 Å². The number of nitrogens with zero attached hydrogens (tertiary/aromatic N) is 1. The molecule has 2 aromatic rings. The summed E-state index contributed by atoms with van der Waals surface area (Å²) < 4.78 is 11.3. The predicted molar refractivity (Wildman–Crippen MR) is 98.3 cm³/mol. The quantitative estimate of drug-likeness (QED) is 0.804. The lowest BCUT2D eigenvalue weighted by Gasteiger charge is -2.15. The van der Waals surface area contributed by atoms with E-state index in [2.05, 4.69) is 13.0 Å². The van der Waals surface area contributed by atoms with E-state index in [0.717, 1.165) is 47.7 Å². The third kappa shape index (κ3) is 2.88. The Bertz CT molecular complexity index is 856. The highest BCUT2D eigenvalue weighted by molar-refractivity contribution is 6.05. The molecular weight excluding hydrogens is 314 g/mol. The maximum absolute atomic E-state index is 12.6. The van der Waals surface area contributed by atoms with Gasteiger partial charge in [-0.15, -0.1) is 0 Å². The summed E-state index contributed by atoms with van der Waals surface area (Å²) in [5.41, 5.74) is 4.24. The number of benzene rings is 2. The number of hydrogen-bond donors (Lipinski definition) is 0. The van der Waals surface area contributed by atoms with Crippen molar-refractivity contribution in [3.8, 4) is 11.5 Å². The van der Waals surface area contributed by atoms with Gasteiger partial charge >= 0.3 is 0 Å². The van der Waals surface area contributed by atoms with Crippen molar-refractivity contribution in [1.82, 2.24) is 0 Å². The van der Waals surface area contributed by atoms with E-state index in [0.29, 0.717) is 0 Å². The smallest absolute Gasteiger partial charge is 0.251 e. The number of amides is 1. The van der Waals surface area contributed by atoms with Crippen LogP contribution in [0.25, 0.3) is 6.08 Å². The van der Waals surface area contributed by atoms with Gasteiger partial charge in [0, 0.05) is 35.9 Å². The molecule has 1 amide bonds. The van der Waals surface area contributed by atoms with E-state index in [-0.39, 0.29) is 12.0 Å². The Hall–Kier alpha value is -2.75. The first kappa shape index (κ1) is 15.8. The summed E-state index contributed by atoms with van der Waals surface area (Å²) in [6.07, 6.45) is 5.41. The van der Waals surface area contributed by atoms with E-state index < -0.39 is 0 Å². The van der Waals surface area contributed by atoms with Gasteiger partial charge in [-0.25, -0.2) is 0 Å². The average Bonchev–Trinajstić information content (AvgIpc) is 3.20. The molecule has 4 nitrogen and oxygen atoms in total. The minimum atomic E-state index is -0.0122. The highest BCUT2D eigenvalue weighted by Gasteiger charge is 2.23. The van der Waals surface area contributed by atoms with Crippen molar-refractivity contribution in [3.05, 3.63) is 59.2 Å². The molecule has 0 N–H and O–H groups in total. The predicted octanol–water partition coefficient (Wildman–Crippen LogP) is 3.62. The number of anilines is 1. The molecule has 2 heterocycles. The first-order valence-electron chi connectivity index (χ1n) is 8.61. The van der Waals surface area contributed by atoms with E-state index in [1.54, 1.807) is 13.2 Å². The van der Waals surface area contributed by atoms with Crippen LogP contribution in [0.5, 0.6) is 11.5 Å². The summed E-state index contributed by atoms with van der Waals surface area (Å²) in [6, 6.07) is 12.0. The number of ether oxygens (including phenoxy) is 2. The first-order valence-corrected chi connectivity index (χ1v) is 8.61. The summed E-state index contributed by atoms with van der Waals surface area (Å²) in [4.78, 5) is 14.5. The number of carbonyl (C=O) groups is 1. The maximum Gasteiger partial charge on any atom is 0.251 e. The van der Waals surface area contributed by atoms with Gasteiger partial charge in [-0.1, -0.05) is 18.2 Å². The zero-order valence-corrected chi connectivity index (χ0v) is 14.5. The molecule has 0 radical (unpaired) electrons. The highest BCUT2D eigenvalue weighted by Crippen LogP contribution is 2.35. The SMILES string of the molecule is COc1cc2c(cc1C=CC(=O)N1CCc3ccccc31)OC(C)C2. The van der Waals surface area contributed by atoms with E-state index >= 15 is 0 Å². The van der Waals surface area contributed by atoms with Gasteiger partial charge in [0.25, 0.3) is 5.91 Å². The van der Waals surface area contributed by atoms with Crippen molar-refractivity contribution in [2.24, 2.45) is 0 Å². The molecule has 2 aromatic carbocycles. The minimum Gasteiger partial charge on any atom is -0.496 e. The molecule has 25 heavy (non-hydrogen) atoms. The molecular formula is C21H21NO3. The topological polar surface area (TPSA) is 38.8 Å². The average molecular weight is 335 g/mol. The number of carbonyl (C=O) groups excluding carboxylic acids is 1. The van der Waals surface area contributed by atoms with Gasteiger partial charge < -0.3 is 14.4 Å². The zero-order chi connectivity index (χ0) is 17.4. The Morgan fingerprint density at radius 1 is 1.28 bits per heavy atom. The van der Waals surface area contributed by atoms with Crippen LogP contribution in [0.3, 0.4) is 0 Å². The zero-order valence-electron chi connectivity index (χ0n) is 14.5. The summed E-state index contributed by atoms with van der Waals surface area (Å²) in [6.45, 7) is 2.78. The second-order valence-corrected chi connectivity index (χ2v) is 6.54. The Kier molecular flexibility index (Phi) is 3.96. The summed E-state index contributed by atoms with van der Waals surface area (Å²) in [5, 5.41) is 0. The fraction of sp³-hybridized carbons (Fsp3) is 0.286. The van der Waals surface area contributed by atoms with Crippen LogP contribution in [0.15, 0.2) is 42.5 Å². The van der Waals surface area contributed by atoms with Gasteiger partial charge in [0.2, 0.25) is 0 Å². The van der Waals surface area contributed by atoms with E-state index in [1.807, 2.05) is 41.3 Å². The number of fused-ring (bicyclic) bond motifs is 2. The molecule has 0 aromatic heterocycles.